The van der Waals surface area contributed by atoms with Gasteiger partial charge < -0.3 is 9.84 Å². The average Bonchev–Trinajstić information content (AvgIpc) is 2.37. The number of carboxylic acids is 1. The minimum atomic E-state index is -0.676. The first kappa shape index (κ1) is 17.0. The maximum absolute atomic E-state index is 11.3. The van der Waals surface area contributed by atoms with Crippen molar-refractivity contribution >= 4 is 73.7 Å². The fourth-order valence-corrected chi connectivity index (χ4v) is 6.48. The molecule has 0 spiro atoms. The predicted molar refractivity (Wildman–Crippen MR) is 103 cm³/mol. The summed E-state index contributed by atoms with van der Waals surface area (Å²) in [6, 6.07) is 4.16. The third-order valence-electron chi connectivity index (χ3n) is 3.63. The van der Waals surface area contributed by atoms with E-state index in [2.05, 4.69) is 79.9 Å². The van der Waals surface area contributed by atoms with E-state index in [0.29, 0.717) is 6.61 Å². The van der Waals surface area contributed by atoms with Crippen molar-refractivity contribution < 1.29 is 14.6 Å². The minimum absolute atomic E-state index is 0.132. The molecule has 6 heteroatoms. The fourth-order valence-electron chi connectivity index (χ4n) is 2.59. The molecule has 110 valence electrons. The van der Waals surface area contributed by atoms with E-state index in [0.717, 1.165) is 38.6 Å². The summed E-state index contributed by atoms with van der Waals surface area (Å²) >= 11 is 6.84. The van der Waals surface area contributed by atoms with Gasteiger partial charge in [-0.3, -0.25) is 4.79 Å². The van der Waals surface area contributed by atoms with Crippen molar-refractivity contribution in [3.05, 3.63) is 22.8 Å². The van der Waals surface area contributed by atoms with Gasteiger partial charge in [0.15, 0.2) is 0 Å². The van der Waals surface area contributed by atoms with Crippen LogP contribution in [0.1, 0.15) is 25.7 Å². The summed E-state index contributed by atoms with van der Waals surface area (Å²) in [5, 5.41) is 9.29. The Morgan fingerprint density at radius 3 is 2.40 bits per heavy atom. The Labute approximate surface area is 159 Å². The maximum Gasteiger partial charge on any atom is 0.306 e. The number of aliphatic carboxylic acids is 1. The van der Waals surface area contributed by atoms with Crippen molar-refractivity contribution in [3.63, 3.8) is 0 Å². The lowest BCUT2D eigenvalue weighted by Gasteiger charge is -2.28. The second-order valence-electron chi connectivity index (χ2n) is 5.00. The lowest BCUT2D eigenvalue weighted by molar-refractivity contribution is -0.145. The van der Waals surface area contributed by atoms with Crippen LogP contribution in [-0.4, -0.2) is 17.7 Å². The molecule has 0 saturated heterocycles. The van der Waals surface area contributed by atoms with E-state index >= 15 is 0 Å². The Balaban J connectivity index is 2.06. The molecule has 1 fully saturated rings. The van der Waals surface area contributed by atoms with E-state index in [-0.39, 0.29) is 11.8 Å². The molecule has 0 aliphatic heterocycles. The molecule has 20 heavy (non-hydrogen) atoms. The third kappa shape index (κ3) is 4.34. The van der Waals surface area contributed by atoms with Gasteiger partial charge in [-0.15, -0.1) is 0 Å². The van der Waals surface area contributed by atoms with E-state index in [1.54, 1.807) is 0 Å². The zero-order valence-electron chi connectivity index (χ0n) is 10.7. The molecule has 1 N–H and O–H groups in total. The average molecular weight is 612 g/mol. The topological polar surface area (TPSA) is 46.5 Å². The summed E-state index contributed by atoms with van der Waals surface area (Å²) in [6.07, 6.45) is 3.86. The number of carboxylic acid groups (broad SMARTS) is 1. The molecule has 2 unspecified atom stereocenters. The van der Waals surface area contributed by atoms with Gasteiger partial charge in [-0.25, -0.2) is 0 Å². The molecule has 1 saturated carbocycles. The van der Waals surface area contributed by atoms with Crippen LogP contribution in [0.15, 0.2) is 12.1 Å². The van der Waals surface area contributed by atoms with Crippen molar-refractivity contribution in [2.24, 2.45) is 11.8 Å². The number of halogens is 3. The van der Waals surface area contributed by atoms with Crippen LogP contribution in [0.5, 0.6) is 5.75 Å². The quantitative estimate of drug-likeness (QED) is 0.499. The van der Waals surface area contributed by atoms with Gasteiger partial charge in [-0.2, -0.15) is 0 Å². The first-order chi connectivity index (χ1) is 9.49. The number of ether oxygens (including phenoxy) is 1. The maximum atomic E-state index is 11.3. The molecule has 3 nitrogen and oxygen atoms in total. The van der Waals surface area contributed by atoms with Crippen LogP contribution in [-0.2, 0) is 4.79 Å². The summed E-state index contributed by atoms with van der Waals surface area (Å²) in [6.45, 7) is 0.504. The van der Waals surface area contributed by atoms with Gasteiger partial charge in [-0.1, -0.05) is 12.8 Å². The Hall–Kier alpha value is 0.680. The monoisotopic (exact) mass is 612 g/mol. The Kier molecular flexibility index (Phi) is 6.64. The van der Waals surface area contributed by atoms with Crippen LogP contribution >= 0.6 is 67.8 Å². The lowest BCUT2D eigenvalue weighted by Crippen LogP contribution is -2.31. The molecule has 0 aromatic heterocycles. The summed E-state index contributed by atoms with van der Waals surface area (Å²) in [5.74, 6) is 0.0988. The second-order valence-corrected chi connectivity index (χ2v) is 8.57. The largest absolute Gasteiger partial charge is 0.491 e. The molecule has 0 heterocycles. The Morgan fingerprint density at radius 1 is 1.20 bits per heavy atom. The van der Waals surface area contributed by atoms with E-state index in [4.69, 9.17) is 4.74 Å². The zero-order chi connectivity index (χ0) is 14.7. The van der Waals surface area contributed by atoms with Gasteiger partial charge in [-0.05, 0) is 92.7 Å². The molecule has 0 bridgehead atoms. The molecule has 2 atom stereocenters. The third-order valence-corrected chi connectivity index (χ3v) is 5.86. The first-order valence-electron chi connectivity index (χ1n) is 6.49. The Bertz CT molecular complexity index is 481. The van der Waals surface area contributed by atoms with Gasteiger partial charge in [0.05, 0.1) is 19.7 Å². The standard InChI is InChI=1S/C14H15I3O3/c15-9-5-11(16)13(12(17)6-9)20-7-8-3-1-2-4-10(8)14(18)19/h5-6,8,10H,1-4,7H2,(H,18,19). The highest BCUT2D eigenvalue weighted by molar-refractivity contribution is 14.1. The molecule has 0 amide bonds. The number of hydrogen-bond donors (Lipinski definition) is 1. The summed E-state index contributed by atoms with van der Waals surface area (Å²) in [4.78, 5) is 11.3. The van der Waals surface area contributed by atoms with Gasteiger partial charge in [0.1, 0.15) is 5.75 Å². The van der Waals surface area contributed by atoms with Crippen LogP contribution < -0.4 is 4.74 Å². The summed E-state index contributed by atoms with van der Waals surface area (Å²) in [5.41, 5.74) is 0. The molecule has 2 rings (SSSR count). The van der Waals surface area contributed by atoms with Gasteiger partial charge in [0.2, 0.25) is 0 Å². The molecule has 1 aliphatic carbocycles. The van der Waals surface area contributed by atoms with Crippen molar-refractivity contribution in [1.29, 1.82) is 0 Å². The van der Waals surface area contributed by atoms with Crippen LogP contribution in [0.2, 0.25) is 0 Å². The number of hydrogen-bond acceptors (Lipinski definition) is 2. The fraction of sp³-hybridized carbons (Fsp3) is 0.500. The summed E-state index contributed by atoms with van der Waals surface area (Å²) in [7, 11) is 0. The van der Waals surface area contributed by atoms with E-state index in [1.807, 2.05) is 0 Å². The van der Waals surface area contributed by atoms with Crippen LogP contribution in [0, 0.1) is 22.5 Å². The molecule has 1 aromatic carbocycles. The smallest absolute Gasteiger partial charge is 0.306 e. The highest BCUT2D eigenvalue weighted by Gasteiger charge is 2.31. The molecule has 1 aliphatic rings. The van der Waals surface area contributed by atoms with Crippen LogP contribution in [0.3, 0.4) is 0 Å². The lowest BCUT2D eigenvalue weighted by atomic mass is 9.80. The molecular weight excluding hydrogens is 597 g/mol. The van der Waals surface area contributed by atoms with Crippen molar-refractivity contribution in [1.82, 2.24) is 0 Å². The molecule has 0 radical (unpaired) electrons. The highest BCUT2D eigenvalue weighted by Crippen LogP contribution is 2.33. The van der Waals surface area contributed by atoms with Crippen LogP contribution in [0.4, 0.5) is 0 Å². The van der Waals surface area contributed by atoms with Crippen molar-refractivity contribution in [2.45, 2.75) is 25.7 Å². The second kappa shape index (κ2) is 7.80. The molecule has 1 aromatic rings. The first-order valence-corrected chi connectivity index (χ1v) is 9.73. The van der Waals surface area contributed by atoms with E-state index in [9.17, 15) is 9.90 Å². The Morgan fingerprint density at radius 2 is 1.80 bits per heavy atom. The van der Waals surface area contributed by atoms with Crippen molar-refractivity contribution in [2.75, 3.05) is 6.61 Å². The number of benzene rings is 1. The number of rotatable bonds is 4. The normalized spacial score (nSPS) is 22.6. The van der Waals surface area contributed by atoms with E-state index < -0.39 is 5.97 Å². The van der Waals surface area contributed by atoms with Gasteiger partial charge in [0.25, 0.3) is 0 Å². The molecular formula is C14H15I3O3. The van der Waals surface area contributed by atoms with Gasteiger partial charge in [0, 0.05) is 9.49 Å². The van der Waals surface area contributed by atoms with Crippen LogP contribution in [0.25, 0.3) is 0 Å². The summed E-state index contributed by atoms with van der Waals surface area (Å²) < 4.78 is 9.32. The van der Waals surface area contributed by atoms with E-state index in [1.165, 1.54) is 3.57 Å². The SMILES string of the molecule is O=C(O)C1CCCCC1COc1c(I)cc(I)cc1I. The van der Waals surface area contributed by atoms with Crippen molar-refractivity contribution in [3.8, 4) is 5.75 Å². The predicted octanol–water partition coefficient (Wildman–Crippen LogP) is 4.77. The zero-order valence-corrected chi connectivity index (χ0v) is 17.2. The number of carbonyl (C=O) groups is 1. The highest BCUT2D eigenvalue weighted by atomic mass is 127. The van der Waals surface area contributed by atoms with Gasteiger partial charge >= 0.3 is 5.97 Å². The minimum Gasteiger partial charge on any atom is -0.491 e.